The highest BCUT2D eigenvalue weighted by atomic mass is 35.5. The van der Waals surface area contributed by atoms with Crippen LogP contribution in [0.25, 0.3) is 5.69 Å². The minimum atomic E-state index is -0.401. The van der Waals surface area contributed by atoms with E-state index in [1.807, 2.05) is 6.92 Å². The fraction of sp³-hybridized carbons (Fsp3) is 0.545. The molecule has 0 amide bonds. The largest absolute Gasteiger partial charge is 0.376 e. The molecule has 162 valence electrons. The van der Waals surface area contributed by atoms with Gasteiger partial charge in [0.1, 0.15) is 17.5 Å². The van der Waals surface area contributed by atoms with Gasteiger partial charge in [0.05, 0.1) is 29.0 Å². The predicted molar refractivity (Wildman–Crippen MR) is 116 cm³/mol. The van der Waals surface area contributed by atoms with E-state index in [2.05, 4.69) is 4.90 Å². The molecule has 0 aliphatic carbocycles. The highest BCUT2D eigenvalue weighted by Gasteiger charge is 2.47. The highest BCUT2D eigenvalue weighted by molar-refractivity contribution is 6.33. The van der Waals surface area contributed by atoms with Crippen molar-refractivity contribution in [1.82, 2.24) is 9.55 Å². The lowest BCUT2D eigenvalue weighted by Gasteiger charge is -2.42. The number of nitrogens with two attached hydrogens (primary N) is 1. The maximum atomic E-state index is 13.8. The molecule has 2 aromatic rings. The lowest BCUT2D eigenvalue weighted by molar-refractivity contribution is 0.0974. The number of aromatic nitrogens is 2. The first-order valence-electron chi connectivity index (χ1n) is 10.3. The van der Waals surface area contributed by atoms with Crippen LogP contribution in [0.4, 0.5) is 10.2 Å². The van der Waals surface area contributed by atoms with Crippen molar-refractivity contribution < 1.29 is 9.13 Å². The molecule has 2 saturated heterocycles. The van der Waals surface area contributed by atoms with Crippen molar-refractivity contribution in [2.24, 2.45) is 11.1 Å². The van der Waals surface area contributed by atoms with Gasteiger partial charge >= 0.3 is 0 Å². The summed E-state index contributed by atoms with van der Waals surface area (Å²) < 4.78 is 21.1. The summed E-state index contributed by atoms with van der Waals surface area (Å²) in [5.74, 6) is 0.809. The number of benzene rings is 1. The second kappa shape index (κ2) is 7.62. The number of aryl methyl sites for hydroxylation is 1. The molecule has 8 heteroatoms. The molecule has 0 bridgehead atoms. The molecule has 4 rings (SSSR count). The van der Waals surface area contributed by atoms with E-state index in [1.54, 1.807) is 20.8 Å². The van der Waals surface area contributed by atoms with Crippen molar-refractivity contribution in [2.75, 3.05) is 24.6 Å². The summed E-state index contributed by atoms with van der Waals surface area (Å²) in [5, 5.41) is 0.221. The normalized spacial score (nSPS) is 23.4. The summed E-state index contributed by atoms with van der Waals surface area (Å²) >= 11 is 6.35. The minimum absolute atomic E-state index is 0.00696. The van der Waals surface area contributed by atoms with E-state index in [4.69, 9.17) is 27.1 Å². The quantitative estimate of drug-likeness (QED) is 0.785. The zero-order chi connectivity index (χ0) is 21.8. The Hall–Kier alpha value is -1.96. The fourth-order valence-corrected chi connectivity index (χ4v) is 4.98. The number of rotatable bonds is 2. The number of piperidine rings is 1. The summed E-state index contributed by atoms with van der Waals surface area (Å²) in [6.45, 7) is 9.42. The Kier molecular flexibility index (Phi) is 5.41. The van der Waals surface area contributed by atoms with Gasteiger partial charge in [0, 0.05) is 30.1 Å². The molecule has 1 aromatic carbocycles. The van der Waals surface area contributed by atoms with Gasteiger partial charge in [-0.05, 0) is 52.7 Å². The molecule has 0 unspecified atom stereocenters. The maximum absolute atomic E-state index is 13.8. The summed E-state index contributed by atoms with van der Waals surface area (Å²) in [6, 6.07) is 2.88. The zero-order valence-electron chi connectivity index (χ0n) is 17.8. The monoisotopic (exact) mass is 434 g/mol. The lowest BCUT2D eigenvalue weighted by Crippen LogP contribution is -2.51. The van der Waals surface area contributed by atoms with Crippen LogP contribution in [0.3, 0.4) is 0 Å². The van der Waals surface area contributed by atoms with E-state index in [-0.39, 0.29) is 28.1 Å². The molecule has 6 nitrogen and oxygen atoms in total. The molecule has 1 aromatic heterocycles. The van der Waals surface area contributed by atoms with Gasteiger partial charge in [0.15, 0.2) is 0 Å². The Bertz CT molecular complexity index is 1050. The van der Waals surface area contributed by atoms with Crippen LogP contribution >= 0.6 is 11.6 Å². The van der Waals surface area contributed by atoms with Gasteiger partial charge in [-0.15, -0.1) is 0 Å². The van der Waals surface area contributed by atoms with Crippen LogP contribution in [-0.4, -0.2) is 41.4 Å². The fourth-order valence-electron chi connectivity index (χ4n) is 4.75. The van der Waals surface area contributed by atoms with Crippen LogP contribution in [0, 0.1) is 32.0 Å². The van der Waals surface area contributed by atoms with Crippen LogP contribution in [-0.2, 0) is 4.74 Å². The number of halogens is 2. The number of hydrogen-bond acceptors (Lipinski definition) is 5. The Labute approximate surface area is 180 Å². The third-order valence-corrected chi connectivity index (χ3v) is 7.37. The van der Waals surface area contributed by atoms with E-state index in [0.29, 0.717) is 35.1 Å². The molecule has 1 spiro atoms. The standard InChI is InChI=1S/C22H28ClFN4O2/c1-12-16(24)5-6-17(18(12)23)28-15(4)26-20(13(2)21(28)29)27-9-7-22(8-10-27)11-30-14(3)19(22)25/h5-6,14,19H,7-11,25H2,1-4H3/t14-,19+/m0/s1. The average molecular weight is 435 g/mol. The second-order valence-electron chi connectivity index (χ2n) is 8.65. The molecule has 2 aliphatic heterocycles. The second-order valence-corrected chi connectivity index (χ2v) is 9.02. The molecule has 2 aliphatic rings. The van der Waals surface area contributed by atoms with E-state index in [0.717, 1.165) is 25.9 Å². The summed E-state index contributed by atoms with van der Waals surface area (Å²) in [4.78, 5) is 20.2. The molecule has 2 N–H and O–H groups in total. The maximum Gasteiger partial charge on any atom is 0.263 e. The van der Waals surface area contributed by atoms with Gasteiger partial charge in [0.2, 0.25) is 0 Å². The topological polar surface area (TPSA) is 73.4 Å². The summed E-state index contributed by atoms with van der Waals surface area (Å²) in [7, 11) is 0. The Morgan fingerprint density at radius 1 is 1.23 bits per heavy atom. The van der Waals surface area contributed by atoms with Crippen molar-refractivity contribution >= 4 is 17.4 Å². The van der Waals surface area contributed by atoms with E-state index < -0.39 is 5.82 Å². The molecule has 3 heterocycles. The van der Waals surface area contributed by atoms with Crippen molar-refractivity contribution in [3.63, 3.8) is 0 Å². The predicted octanol–water partition coefficient (Wildman–Crippen LogP) is 3.28. The zero-order valence-corrected chi connectivity index (χ0v) is 18.6. The van der Waals surface area contributed by atoms with Crippen molar-refractivity contribution in [2.45, 2.75) is 52.7 Å². The van der Waals surface area contributed by atoms with Crippen molar-refractivity contribution in [3.05, 3.63) is 50.3 Å². The van der Waals surface area contributed by atoms with Crippen LogP contribution in [0.5, 0.6) is 0 Å². The average Bonchev–Trinajstić information content (AvgIpc) is 3.00. The molecular formula is C22H28ClFN4O2. The van der Waals surface area contributed by atoms with Crippen LogP contribution in [0.2, 0.25) is 5.02 Å². The van der Waals surface area contributed by atoms with Gasteiger partial charge in [-0.3, -0.25) is 9.36 Å². The molecule has 2 fully saturated rings. The Morgan fingerprint density at radius 2 is 1.90 bits per heavy atom. The van der Waals surface area contributed by atoms with Crippen LogP contribution in [0.1, 0.15) is 36.7 Å². The molecule has 30 heavy (non-hydrogen) atoms. The Morgan fingerprint density at radius 3 is 2.50 bits per heavy atom. The molecule has 0 radical (unpaired) electrons. The Balaban J connectivity index is 1.67. The number of nitrogens with zero attached hydrogens (tertiary/aromatic N) is 3. The third kappa shape index (κ3) is 3.24. The smallest absolute Gasteiger partial charge is 0.263 e. The van der Waals surface area contributed by atoms with Crippen molar-refractivity contribution in [3.8, 4) is 5.69 Å². The first-order valence-corrected chi connectivity index (χ1v) is 10.7. The SMILES string of the molecule is Cc1c(F)ccc(-n2c(C)nc(N3CCC4(CC3)CO[C@@H](C)[C@H]4N)c(C)c2=O)c1Cl. The molecule has 2 atom stereocenters. The van der Waals surface area contributed by atoms with Gasteiger partial charge in [-0.25, -0.2) is 9.37 Å². The first-order chi connectivity index (χ1) is 14.2. The number of anilines is 1. The number of hydrogen-bond donors (Lipinski definition) is 1. The highest BCUT2D eigenvalue weighted by Crippen LogP contribution is 2.42. The van der Waals surface area contributed by atoms with Gasteiger partial charge < -0.3 is 15.4 Å². The van der Waals surface area contributed by atoms with Crippen LogP contribution in [0.15, 0.2) is 16.9 Å². The van der Waals surface area contributed by atoms with Crippen LogP contribution < -0.4 is 16.2 Å². The third-order valence-electron chi connectivity index (χ3n) is 6.90. The van der Waals surface area contributed by atoms with E-state index in [1.165, 1.54) is 16.7 Å². The van der Waals surface area contributed by atoms with Gasteiger partial charge in [-0.2, -0.15) is 0 Å². The number of ether oxygens (including phenoxy) is 1. The van der Waals surface area contributed by atoms with E-state index >= 15 is 0 Å². The summed E-state index contributed by atoms with van der Waals surface area (Å²) in [6.07, 6.45) is 1.89. The lowest BCUT2D eigenvalue weighted by atomic mass is 9.73. The van der Waals surface area contributed by atoms with E-state index in [9.17, 15) is 9.18 Å². The first kappa shape index (κ1) is 21.3. The summed E-state index contributed by atoms with van der Waals surface area (Å²) in [5.41, 5.74) is 7.54. The van der Waals surface area contributed by atoms with Crippen molar-refractivity contribution in [1.29, 1.82) is 0 Å². The molecule has 0 saturated carbocycles. The minimum Gasteiger partial charge on any atom is -0.376 e. The van der Waals surface area contributed by atoms with Gasteiger partial charge in [0.25, 0.3) is 5.56 Å². The molecular weight excluding hydrogens is 407 g/mol. The van der Waals surface area contributed by atoms with Gasteiger partial charge in [-0.1, -0.05) is 11.6 Å².